The smallest absolute Gasteiger partial charge is 0.462 e. The number of hydrogen-bond acceptors (Lipinski definition) is 15. The number of carbonyl (C=O) groups excluding carboxylic acids is 4. The molecule has 0 bridgehead atoms. The molecule has 0 aliphatic carbocycles. The van der Waals surface area contributed by atoms with E-state index >= 15 is 0 Å². The molecule has 4 unspecified atom stereocenters. The molecule has 0 saturated heterocycles. The first-order valence-electron chi connectivity index (χ1n) is 35.9. The first kappa shape index (κ1) is 86.1. The first-order valence-corrected chi connectivity index (χ1v) is 38.9. The van der Waals surface area contributed by atoms with Crippen molar-refractivity contribution in [3.63, 3.8) is 0 Å². The minimum Gasteiger partial charge on any atom is -0.462 e. The van der Waals surface area contributed by atoms with E-state index in [-0.39, 0.29) is 25.7 Å². The van der Waals surface area contributed by atoms with Gasteiger partial charge in [-0.2, -0.15) is 0 Å². The van der Waals surface area contributed by atoms with Crippen molar-refractivity contribution in [2.24, 2.45) is 17.8 Å². The van der Waals surface area contributed by atoms with Gasteiger partial charge in [0, 0.05) is 25.7 Å². The van der Waals surface area contributed by atoms with E-state index in [9.17, 15) is 43.2 Å². The number of aliphatic hydroxyl groups is 1. The molecular weight excluding hydrogens is 1160 g/mol. The average molecular weight is 1300 g/mol. The van der Waals surface area contributed by atoms with Crippen molar-refractivity contribution < 1.29 is 80.2 Å². The third-order valence-corrected chi connectivity index (χ3v) is 18.5. The summed E-state index contributed by atoms with van der Waals surface area (Å²) in [7, 11) is -9.90. The molecule has 0 radical (unpaired) electrons. The zero-order valence-corrected chi connectivity index (χ0v) is 59.0. The summed E-state index contributed by atoms with van der Waals surface area (Å²) in [6.45, 7) is 11.8. The van der Waals surface area contributed by atoms with E-state index in [0.29, 0.717) is 25.7 Å². The highest BCUT2D eigenvalue weighted by Gasteiger charge is 2.30. The van der Waals surface area contributed by atoms with Gasteiger partial charge in [-0.1, -0.05) is 292 Å². The van der Waals surface area contributed by atoms with Gasteiger partial charge < -0.3 is 33.8 Å². The second-order valence-corrected chi connectivity index (χ2v) is 28.8. The fraction of sp³-hybridized carbons (Fsp3) is 0.942. The molecule has 0 aromatic carbocycles. The largest absolute Gasteiger partial charge is 0.472 e. The molecule has 0 rings (SSSR count). The van der Waals surface area contributed by atoms with Crippen LogP contribution in [0.15, 0.2) is 0 Å². The van der Waals surface area contributed by atoms with Crippen molar-refractivity contribution in [3.8, 4) is 0 Å². The van der Waals surface area contributed by atoms with Gasteiger partial charge in [0.1, 0.15) is 19.3 Å². The van der Waals surface area contributed by atoms with Gasteiger partial charge in [-0.25, -0.2) is 9.13 Å². The highest BCUT2D eigenvalue weighted by atomic mass is 31.2. The van der Waals surface area contributed by atoms with Crippen LogP contribution in [0, 0.1) is 17.8 Å². The SMILES string of the molecule is CCCCCCCCCC(=O)OC[C@H](COP(=O)(O)OC[C@H](O)COP(=O)(O)OC[C@@H](COC(=O)CCCCCCCCCCCCC(C)CC)OC(=O)CCCCCCCCCCCCC(C)CC)OC(=O)CCCCCCCCCCCCC(C)C. The van der Waals surface area contributed by atoms with E-state index in [0.717, 1.165) is 120 Å². The predicted octanol–water partition coefficient (Wildman–Crippen LogP) is 19.5. The van der Waals surface area contributed by atoms with Crippen LogP contribution in [0.25, 0.3) is 0 Å². The van der Waals surface area contributed by atoms with Crippen LogP contribution in [-0.4, -0.2) is 96.7 Å². The Morgan fingerprint density at radius 3 is 0.864 bits per heavy atom. The van der Waals surface area contributed by atoms with Gasteiger partial charge in [-0.3, -0.25) is 37.3 Å². The van der Waals surface area contributed by atoms with Crippen molar-refractivity contribution in [3.05, 3.63) is 0 Å². The molecule has 0 aromatic heterocycles. The highest BCUT2D eigenvalue weighted by molar-refractivity contribution is 7.47. The second kappa shape index (κ2) is 60.0. The van der Waals surface area contributed by atoms with Gasteiger partial charge in [-0.15, -0.1) is 0 Å². The van der Waals surface area contributed by atoms with E-state index in [1.165, 1.54) is 141 Å². The summed E-state index contributed by atoms with van der Waals surface area (Å²) in [5, 5.41) is 10.6. The highest BCUT2D eigenvalue weighted by Crippen LogP contribution is 2.45. The third kappa shape index (κ3) is 60.3. The average Bonchev–Trinajstić information content (AvgIpc) is 3.67. The Balaban J connectivity index is 5.23. The lowest BCUT2D eigenvalue weighted by atomic mass is 9.99. The lowest BCUT2D eigenvalue weighted by Crippen LogP contribution is -2.30. The lowest BCUT2D eigenvalue weighted by Gasteiger charge is -2.21. The molecule has 0 aliphatic heterocycles. The summed E-state index contributed by atoms with van der Waals surface area (Å²) < 4.78 is 68.2. The van der Waals surface area contributed by atoms with Crippen LogP contribution in [0.3, 0.4) is 0 Å². The van der Waals surface area contributed by atoms with Crippen LogP contribution in [0.2, 0.25) is 0 Å². The summed E-state index contributed by atoms with van der Waals surface area (Å²) >= 11 is 0. The van der Waals surface area contributed by atoms with E-state index in [1.807, 2.05) is 0 Å². The number of unbranched alkanes of at least 4 members (excludes halogenated alkanes) is 33. The normalized spacial score (nSPS) is 14.9. The predicted molar refractivity (Wildman–Crippen MR) is 354 cm³/mol. The number of rotatable bonds is 67. The van der Waals surface area contributed by atoms with Gasteiger partial charge in [-0.05, 0) is 43.4 Å². The van der Waals surface area contributed by atoms with Crippen LogP contribution < -0.4 is 0 Å². The van der Waals surface area contributed by atoms with Crippen LogP contribution >= 0.6 is 15.6 Å². The van der Waals surface area contributed by atoms with Crippen LogP contribution in [0.4, 0.5) is 0 Å². The number of aliphatic hydroxyl groups excluding tert-OH is 1. The Kier molecular flexibility index (Phi) is 58.7. The number of ether oxygens (including phenoxy) is 4. The molecule has 88 heavy (non-hydrogen) atoms. The van der Waals surface area contributed by atoms with Crippen LogP contribution in [0.5, 0.6) is 0 Å². The molecule has 0 saturated carbocycles. The molecule has 0 aliphatic rings. The summed E-state index contributed by atoms with van der Waals surface area (Å²) in [4.78, 5) is 72.4. The molecule has 522 valence electrons. The molecular formula is C69H134O17P2. The Morgan fingerprint density at radius 2 is 0.580 bits per heavy atom. The molecule has 0 aromatic rings. The number of carbonyl (C=O) groups is 4. The molecule has 7 atom stereocenters. The van der Waals surface area contributed by atoms with Crippen molar-refractivity contribution in [2.75, 3.05) is 39.6 Å². The summed E-state index contributed by atoms with van der Waals surface area (Å²) in [5.74, 6) is 0.233. The van der Waals surface area contributed by atoms with Crippen molar-refractivity contribution in [1.29, 1.82) is 0 Å². The van der Waals surface area contributed by atoms with Crippen molar-refractivity contribution in [1.82, 2.24) is 0 Å². The van der Waals surface area contributed by atoms with Gasteiger partial charge in [0.25, 0.3) is 0 Å². The van der Waals surface area contributed by atoms with Crippen molar-refractivity contribution >= 4 is 39.5 Å². The Bertz CT molecular complexity index is 1740. The molecule has 0 heterocycles. The minimum absolute atomic E-state index is 0.105. The number of phosphoric acid groups is 2. The Labute approximate surface area is 537 Å². The van der Waals surface area contributed by atoms with Gasteiger partial charge in [0.2, 0.25) is 0 Å². The zero-order chi connectivity index (χ0) is 65.2. The van der Waals surface area contributed by atoms with Crippen LogP contribution in [-0.2, 0) is 65.4 Å². The van der Waals surface area contributed by atoms with Gasteiger partial charge in [0.05, 0.1) is 26.4 Å². The minimum atomic E-state index is -4.95. The fourth-order valence-corrected chi connectivity index (χ4v) is 11.9. The monoisotopic (exact) mass is 1300 g/mol. The van der Waals surface area contributed by atoms with E-state index < -0.39 is 97.5 Å². The fourth-order valence-electron chi connectivity index (χ4n) is 10.3. The maximum atomic E-state index is 13.0. The van der Waals surface area contributed by atoms with E-state index in [4.69, 9.17) is 37.0 Å². The molecule has 0 amide bonds. The maximum Gasteiger partial charge on any atom is 0.472 e. The zero-order valence-electron chi connectivity index (χ0n) is 57.2. The van der Waals surface area contributed by atoms with E-state index in [2.05, 4.69) is 48.5 Å². The number of hydrogen-bond donors (Lipinski definition) is 3. The first-order chi connectivity index (χ1) is 42.3. The quantitative estimate of drug-likeness (QED) is 0.0222. The lowest BCUT2D eigenvalue weighted by molar-refractivity contribution is -0.161. The molecule has 19 heteroatoms. The molecule has 17 nitrogen and oxygen atoms in total. The van der Waals surface area contributed by atoms with E-state index in [1.54, 1.807) is 0 Å². The van der Waals surface area contributed by atoms with Crippen molar-refractivity contribution in [2.45, 2.75) is 362 Å². The molecule has 0 fully saturated rings. The molecule has 0 spiro atoms. The number of phosphoric ester groups is 2. The third-order valence-electron chi connectivity index (χ3n) is 16.6. The summed E-state index contributed by atoms with van der Waals surface area (Å²) in [6.07, 6.45) is 43.0. The second-order valence-electron chi connectivity index (χ2n) is 25.9. The Morgan fingerprint density at radius 1 is 0.330 bits per heavy atom. The molecule has 3 N–H and O–H groups in total. The maximum absolute atomic E-state index is 13.0. The van der Waals surface area contributed by atoms with Crippen LogP contribution in [0.1, 0.15) is 344 Å². The Hall–Kier alpha value is -1.94. The standard InChI is InChI=1S/C69H134O17P2/c1-8-11-12-13-26-36-43-50-66(71)79-56-64(85-68(73)52-45-38-31-24-17-14-20-27-33-40-47-60(4)5)58-83-87(75,76)81-54-63(70)55-82-88(77,78)84-59-65(86-69(74)53-46-39-32-25-19-16-22-29-35-42-49-62(7)10-3)57-80-67(72)51-44-37-30-23-18-15-21-28-34-41-48-61(6)9-2/h60-65,70H,8-59H2,1-7H3,(H,75,76)(H,77,78)/t61?,62?,63-,64+,65+/m0/s1. The summed E-state index contributed by atoms with van der Waals surface area (Å²) in [6, 6.07) is 0. The summed E-state index contributed by atoms with van der Waals surface area (Å²) in [5.41, 5.74) is 0. The van der Waals surface area contributed by atoms with Gasteiger partial charge >= 0.3 is 39.5 Å². The number of esters is 4. The van der Waals surface area contributed by atoms with Gasteiger partial charge in [0.15, 0.2) is 12.2 Å². The topological polar surface area (TPSA) is 237 Å².